The van der Waals surface area contributed by atoms with Crippen molar-refractivity contribution in [3.05, 3.63) is 0 Å². The van der Waals surface area contributed by atoms with E-state index in [0.717, 1.165) is 0 Å². The molecule has 0 rings (SSSR count). The number of hydrogen-bond acceptors (Lipinski definition) is 3. The first-order chi connectivity index (χ1) is 10.5. The monoisotopic (exact) mass is 386 g/mol. The topological polar surface area (TPSA) is 35.5 Å². The molecular formula is C10H9F11O3. The van der Waals surface area contributed by atoms with Gasteiger partial charge in [-0.25, -0.2) is 9.18 Å². The molecule has 0 aromatic carbocycles. The molecule has 0 amide bonds. The molecule has 0 fully saturated rings. The van der Waals surface area contributed by atoms with Gasteiger partial charge in [-0.1, -0.05) is 0 Å². The predicted octanol–water partition coefficient (Wildman–Crippen LogP) is 4.65. The zero-order valence-corrected chi connectivity index (χ0v) is 11.3. The molecule has 0 aliphatic carbocycles. The number of alkyl halides is 11. The summed E-state index contributed by atoms with van der Waals surface area (Å²) in [5, 5.41) is 0. The molecule has 0 aromatic rings. The fraction of sp³-hybridized carbons (Fsp3) is 0.900. The highest BCUT2D eigenvalue weighted by Gasteiger charge is 2.58. The lowest BCUT2D eigenvalue weighted by atomic mass is 10.2. The van der Waals surface area contributed by atoms with Gasteiger partial charge in [-0.3, -0.25) is 0 Å². The van der Waals surface area contributed by atoms with Crippen LogP contribution in [0.1, 0.15) is 12.8 Å². The van der Waals surface area contributed by atoms with E-state index in [2.05, 4.69) is 9.47 Å². The van der Waals surface area contributed by atoms with E-state index < -0.39 is 62.6 Å². The third-order valence-corrected chi connectivity index (χ3v) is 2.31. The van der Waals surface area contributed by atoms with Gasteiger partial charge in [0.05, 0.1) is 6.61 Å². The summed E-state index contributed by atoms with van der Waals surface area (Å²) in [6.45, 7) is -3.49. The van der Waals surface area contributed by atoms with Crippen molar-refractivity contribution in [2.24, 2.45) is 0 Å². The maximum absolute atomic E-state index is 12.7. The van der Waals surface area contributed by atoms with Crippen molar-refractivity contribution in [2.75, 3.05) is 13.2 Å². The summed E-state index contributed by atoms with van der Waals surface area (Å²) >= 11 is 0. The van der Waals surface area contributed by atoms with Crippen LogP contribution in [-0.4, -0.2) is 49.7 Å². The summed E-state index contributed by atoms with van der Waals surface area (Å²) < 4.78 is 140. The molecule has 14 heteroatoms. The maximum atomic E-state index is 12.7. The molecule has 0 bridgehead atoms. The molecule has 0 saturated carbocycles. The molecule has 0 saturated heterocycles. The highest BCUT2D eigenvalue weighted by atomic mass is 19.4. The summed E-state index contributed by atoms with van der Waals surface area (Å²) in [4.78, 5) is 10.7. The minimum absolute atomic E-state index is 1.05. The molecule has 0 heterocycles. The Labute approximate surface area is 126 Å². The normalized spacial score (nSPS) is 15.1. The van der Waals surface area contributed by atoms with Crippen LogP contribution in [0, 0.1) is 0 Å². The van der Waals surface area contributed by atoms with E-state index in [-0.39, 0.29) is 0 Å². The Morgan fingerprint density at radius 3 is 1.79 bits per heavy atom. The summed E-state index contributed by atoms with van der Waals surface area (Å²) in [6.07, 6.45) is -21.3. The zero-order chi connectivity index (χ0) is 19.4. The first kappa shape index (κ1) is 22.5. The molecular weight excluding hydrogens is 377 g/mol. The van der Waals surface area contributed by atoms with Crippen LogP contribution >= 0.6 is 0 Å². The smallest absolute Gasteiger partial charge is 0.434 e. The molecule has 0 aliphatic heterocycles. The average Bonchev–Trinajstić information content (AvgIpc) is 2.38. The fourth-order valence-corrected chi connectivity index (χ4v) is 1.10. The van der Waals surface area contributed by atoms with Crippen LogP contribution in [-0.2, 0) is 9.47 Å². The Balaban J connectivity index is 4.21. The second kappa shape index (κ2) is 7.59. The van der Waals surface area contributed by atoms with Crippen LogP contribution in [0.5, 0.6) is 0 Å². The molecule has 3 nitrogen and oxygen atoms in total. The van der Waals surface area contributed by atoms with Crippen molar-refractivity contribution in [2.45, 2.75) is 43.2 Å². The van der Waals surface area contributed by atoms with E-state index in [4.69, 9.17) is 0 Å². The zero-order valence-electron chi connectivity index (χ0n) is 11.3. The standard InChI is InChI=1S/C10H9F11O3/c11-5(9(16,17)18)7(12,13)4-24-6(22)23-3-1-2-8(14,15)10(19,20)21/h5H,1-4H2. The summed E-state index contributed by atoms with van der Waals surface area (Å²) in [5.41, 5.74) is 0. The Kier molecular flexibility index (Phi) is 7.12. The Morgan fingerprint density at radius 2 is 1.38 bits per heavy atom. The Hall–Kier alpha value is -1.50. The van der Waals surface area contributed by atoms with Crippen molar-refractivity contribution in [1.29, 1.82) is 0 Å². The average molecular weight is 386 g/mol. The first-order valence-corrected chi connectivity index (χ1v) is 5.83. The van der Waals surface area contributed by atoms with Gasteiger partial charge in [0, 0.05) is 6.42 Å². The number of rotatable bonds is 7. The van der Waals surface area contributed by atoms with Gasteiger partial charge in [0.2, 0.25) is 0 Å². The second-order valence-electron chi connectivity index (χ2n) is 4.36. The third kappa shape index (κ3) is 6.95. The maximum Gasteiger partial charge on any atom is 0.508 e. The minimum Gasteiger partial charge on any atom is -0.434 e. The quantitative estimate of drug-likeness (QED) is 0.363. The molecule has 144 valence electrons. The summed E-state index contributed by atoms with van der Waals surface area (Å²) in [7, 11) is 0. The second-order valence-corrected chi connectivity index (χ2v) is 4.36. The van der Waals surface area contributed by atoms with Crippen LogP contribution in [0.3, 0.4) is 0 Å². The molecule has 0 spiro atoms. The van der Waals surface area contributed by atoms with Crippen LogP contribution in [0.25, 0.3) is 0 Å². The van der Waals surface area contributed by atoms with Crippen molar-refractivity contribution in [3.8, 4) is 0 Å². The largest absolute Gasteiger partial charge is 0.508 e. The molecule has 0 N–H and O–H groups in total. The SMILES string of the molecule is O=C(OCCCC(F)(F)C(F)(F)F)OCC(F)(F)C(F)C(F)(F)F. The molecule has 0 radical (unpaired) electrons. The van der Waals surface area contributed by atoms with Crippen molar-refractivity contribution >= 4 is 6.16 Å². The predicted molar refractivity (Wildman–Crippen MR) is 53.4 cm³/mol. The van der Waals surface area contributed by atoms with Gasteiger partial charge in [0.25, 0.3) is 6.17 Å². The van der Waals surface area contributed by atoms with E-state index in [9.17, 15) is 53.1 Å². The fourth-order valence-electron chi connectivity index (χ4n) is 1.10. The summed E-state index contributed by atoms with van der Waals surface area (Å²) in [5.74, 6) is -10.2. The third-order valence-electron chi connectivity index (χ3n) is 2.31. The Morgan fingerprint density at radius 1 is 0.875 bits per heavy atom. The molecule has 24 heavy (non-hydrogen) atoms. The lowest BCUT2D eigenvalue weighted by Crippen LogP contribution is -2.45. The highest BCUT2D eigenvalue weighted by Crippen LogP contribution is 2.38. The van der Waals surface area contributed by atoms with E-state index in [0.29, 0.717) is 0 Å². The highest BCUT2D eigenvalue weighted by molar-refractivity contribution is 5.59. The first-order valence-electron chi connectivity index (χ1n) is 5.83. The van der Waals surface area contributed by atoms with E-state index >= 15 is 0 Å². The molecule has 1 atom stereocenters. The number of hydrogen-bond donors (Lipinski definition) is 0. The van der Waals surface area contributed by atoms with Gasteiger partial charge in [-0.2, -0.15) is 43.9 Å². The van der Waals surface area contributed by atoms with Crippen LogP contribution < -0.4 is 0 Å². The van der Waals surface area contributed by atoms with Crippen molar-refractivity contribution in [3.63, 3.8) is 0 Å². The molecule has 0 aromatic heterocycles. The number of carbonyl (C=O) groups is 1. The van der Waals surface area contributed by atoms with Crippen molar-refractivity contribution < 1.29 is 62.6 Å². The number of carbonyl (C=O) groups excluding carboxylic acids is 1. The van der Waals surface area contributed by atoms with E-state index in [1.807, 2.05) is 0 Å². The summed E-state index contributed by atoms with van der Waals surface area (Å²) in [6, 6.07) is 0. The van der Waals surface area contributed by atoms with Crippen LogP contribution in [0.15, 0.2) is 0 Å². The van der Waals surface area contributed by atoms with Gasteiger partial charge in [0.1, 0.15) is 0 Å². The van der Waals surface area contributed by atoms with E-state index in [1.165, 1.54) is 0 Å². The molecule has 0 aliphatic rings. The van der Waals surface area contributed by atoms with Crippen LogP contribution in [0.2, 0.25) is 0 Å². The van der Waals surface area contributed by atoms with Gasteiger partial charge in [0.15, 0.2) is 6.61 Å². The van der Waals surface area contributed by atoms with Gasteiger partial charge in [-0.05, 0) is 6.42 Å². The molecule has 1 unspecified atom stereocenters. The number of halogens is 11. The lowest BCUT2D eigenvalue weighted by molar-refractivity contribution is -0.285. The lowest BCUT2D eigenvalue weighted by Gasteiger charge is -2.22. The van der Waals surface area contributed by atoms with Gasteiger partial charge < -0.3 is 9.47 Å². The van der Waals surface area contributed by atoms with Gasteiger partial charge in [-0.15, -0.1) is 0 Å². The van der Waals surface area contributed by atoms with Crippen LogP contribution in [0.4, 0.5) is 53.1 Å². The Bertz CT molecular complexity index is 415. The van der Waals surface area contributed by atoms with Crippen molar-refractivity contribution in [1.82, 2.24) is 0 Å². The van der Waals surface area contributed by atoms with E-state index in [1.54, 1.807) is 0 Å². The minimum atomic E-state index is -5.93. The number of ether oxygens (including phenoxy) is 2. The van der Waals surface area contributed by atoms with Gasteiger partial charge >= 0.3 is 30.4 Å².